The van der Waals surface area contributed by atoms with Gasteiger partial charge < -0.3 is 10.5 Å². The summed E-state index contributed by atoms with van der Waals surface area (Å²) in [4.78, 5) is 11.4. The predicted octanol–water partition coefficient (Wildman–Crippen LogP) is 1.74. The molecule has 0 bridgehead atoms. The Morgan fingerprint density at radius 1 is 1.57 bits per heavy atom. The van der Waals surface area contributed by atoms with Crippen LogP contribution in [-0.4, -0.2) is 19.4 Å². The van der Waals surface area contributed by atoms with Gasteiger partial charge in [-0.3, -0.25) is 4.79 Å². The highest BCUT2D eigenvalue weighted by Crippen LogP contribution is 2.17. The molecule has 0 aliphatic rings. The van der Waals surface area contributed by atoms with E-state index in [-0.39, 0.29) is 12.3 Å². The number of ether oxygens (including phenoxy) is 1. The molecule has 4 heteroatoms. The molecule has 0 saturated heterocycles. The van der Waals surface area contributed by atoms with Crippen LogP contribution in [0.2, 0.25) is 0 Å². The van der Waals surface area contributed by atoms with Crippen LogP contribution < -0.4 is 5.73 Å². The lowest BCUT2D eigenvalue weighted by Crippen LogP contribution is -2.15. The molecule has 1 rings (SSSR count). The summed E-state index contributed by atoms with van der Waals surface area (Å²) < 4.78 is 5.93. The number of halogens is 1. The number of carbonyl (C=O) groups excluding carboxylic acids is 1. The van der Waals surface area contributed by atoms with Crippen molar-refractivity contribution >= 4 is 21.7 Å². The molecule has 0 aliphatic carbocycles. The zero-order valence-electron chi connectivity index (χ0n) is 7.92. The Hall–Kier alpha value is -0.710. The van der Waals surface area contributed by atoms with Crippen molar-refractivity contribution in [2.24, 2.45) is 5.73 Å². The number of hydrogen-bond donors (Lipinski definition) is 1. The maximum Gasteiger partial charge on any atom is 0.176 e. The van der Waals surface area contributed by atoms with Crippen molar-refractivity contribution < 1.29 is 9.53 Å². The third kappa shape index (κ3) is 2.64. The van der Waals surface area contributed by atoms with Crippen molar-refractivity contribution in [3.63, 3.8) is 0 Å². The molecule has 0 fully saturated rings. The van der Waals surface area contributed by atoms with E-state index in [0.29, 0.717) is 12.2 Å². The highest BCUT2D eigenvalue weighted by molar-refractivity contribution is 9.10. The fourth-order valence-corrected chi connectivity index (χ4v) is 1.63. The molecular weight excluding hydrogens is 246 g/mol. The zero-order valence-corrected chi connectivity index (χ0v) is 9.50. The van der Waals surface area contributed by atoms with E-state index in [0.717, 1.165) is 10.0 Å². The van der Waals surface area contributed by atoms with Crippen LogP contribution in [0.3, 0.4) is 0 Å². The van der Waals surface area contributed by atoms with Gasteiger partial charge in [-0.25, -0.2) is 0 Å². The number of hydrogen-bond acceptors (Lipinski definition) is 3. The molecule has 0 radical (unpaired) electrons. The highest BCUT2D eigenvalue weighted by Gasteiger charge is 2.09. The maximum atomic E-state index is 11.4. The van der Waals surface area contributed by atoms with Crippen LogP contribution in [0.1, 0.15) is 15.9 Å². The molecule has 1 aromatic rings. The van der Waals surface area contributed by atoms with Gasteiger partial charge in [0.25, 0.3) is 0 Å². The molecule has 0 atom stereocenters. The predicted molar refractivity (Wildman–Crippen MR) is 58.2 cm³/mol. The van der Waals surface area contributed by atoms with Gasteiger partial charge in [-0.2, -0.15) is 0 Å². The van der Waals surface area contributed by atoms with Gasteiger partial charge >= 0.3 is 0 Å². The minimum Gasteiger partial charge on any atom is -0.380 e. The lowest BCUT2D eigenvalue weighted by Gasteiger charge is -2.07. The van der Waals surface area contributed by atoms with Crippen molar-refractivity contribution in [1.82, 2.24) is 0 Å². The number of benzene rings is 1. The van der Waals surface area contributed by atoms with E-state index >= 15 is 0 Å². The molecule has 1 aromatic carbocycles. The Balaban J connectivity index is 3.07. The lowest BCUT2D eigenvalue weighted by molar-refractivity contribution is 0.0996. The Bertz CT molecular complexity index is 339. The van der Waals surface area contributed by atoms with Gasteiger partial charge in [0.15, 0.2) is 5.78 Å². The molecule has 0 unspecified atom stereocenters. The first kappa shape index (κ1) is 11.4. The minimum atomic E-state index is -0.0652. The number of nitrogens with two attached hydrogens (primary N) is 1. The van der Waals surface area contributed by atoms with Crippen molar-refractivity contribution in [3.05, 3.63) is 33.8 Å². The van der Waals surface area contributed by atoms with E-state index in [1.165, 1.54) is 0 Å². The van der Waals surface area contributed by atoms with E-state index in [4.69, 9.17) is 10.5 Å². The van der Waals surface area contributed by atoms with Gasteiger partial charge in [-0.1, -0.05) is 15.9 Å². The van der Waals surface area contributed by atoms with Crippen LogP contribution in [-0.2, 0) is 11.3 Å². The first-order chi connectivity index (χ1) is 6.69. The summed E-state index contributed by atoms with van der Waals surface area (Å²) in [6.45, 7) is 0.443. The summed E-state index contributed by atoms with van der Waals surface area (Å²) in [7, 11) is 1.59. The van der Waals surface area contributed by atoms with Gasteiger partial charge in [0.05, 0.1) is 13.2 Å². The Morgan fingerprint density at radius 2 is 2.29 bits per heavy atom. The van der Waals surface area contributed by atoms with Gasteiger partial charge in [0.1, 0.15) is 0 Å². The van der Waals surface area contributed by atoms with Crippen LogP contribution >= 0.6 is 15.9 Å². The zero-order chi connectivity index (χ0) is 10.6. The van der Waals surface area contributed by atoms with Crippen LogP contribution in [0.5, 0.6) is 0 Å². The Labute approximate surface area is 91.4 Å². The van der Waals surface area contributed by atoms with Crippen molar-refractivity contribution in [1.29, 1.82) is 0 Å². The fraction of sp³-hybridized carbons (Fsp3) is 0.300. The number of ketones is 1. The van der Waals surface area contributed by atoms with E-state index in [1.807, 2.05) is 12.1 Å². The van der Waals surface area contributed by atoms with Crippen LogP contribution in [0, 0.1) is 0 Å². The third-order valence-electron chi connectivity index (χ3n) is 1.85. The van der Waals surface area contributed by atoms with E-state index in [2.05, 4.69) is 15.9 Å². The maximum absolute atomic E-state index is 11.4. The van der Waals surface area contributed by atoms with Crippen molar-refractivity contribution in [2.45, 2.75) is 6.61 Å². The standard InChI is InChI=1S/C10H12BrNO2/c1-14-6-7-4-8(11)2-3-9(7)10(13)5-12/h2-4H,5-6,12H2,1H3. The van der Waals surface area contributed by atoms with E-state index < -0.39 is 0 Å². The number of carbonyl (C=O) groups is 1. The molecule has 3 nitrogen and oxygen atoms in total. The lowest BCUT2D eigenvalue weighted by atomic mass is 10.0. The molecule has 0 spiro atoms. The quantitative estimate of drug-likeness (QED) is 0.837. The van der Waals surface area contributed by atoms with Gasteiger partial charge in [0, 0.05) is 17.1 Å². The summed E-state index contributed by atoms with van der Waals surface area (Å²) in [5, 5.41) is 0. The number of rotatable bonds is 4. The SMILES string of the molecule is COCc1cc(Br)ccc1C(=O)CN. The summed E-state index contributed by atoms with van der Waals surface area (Å²) >= 11 is 3.34. The normalized spacial score (nSPS) is 10.2. The second-order valence-corrected chi connectivity index (χ2v) is 3.78. The topological polar surface area (TPSA) is 52.3 Å². The average Bonchev–Trinajstić information content (AvgIpc) is 2.17. The largest absolute Gasteiger partial charge is 0.380 e. The molecule has 0 amide bonds. The molecule has 14 heavy (non-hydrogen) atoms. The fourth-order valence-electron chi connectivity index (χ4n) is 1.22. The van der Waals surface area contributed by atoms with Gasteiger partial charge in [-0.05, 0) is 23.8 Å². The first-order valence-corrected chi connectivity index (χ1v) is 4.99. The van der Waals surface area contributed by atoms with Crippen LogP contribution in [0.15, 0.2) is 22.7 Å². The average molecular weight is 258 g/mol. The minimum absolute atomic E-state index is 0.0261. The third-order valence-corrected chi connectivity index (χ3v) is 2.35. The molecule has 2 N–H and O–H groups in total. The molecule has 0 saturated carbocycles. The molecule has 0 aliphatic heterocycles. The number of methoxy groups -OCH3 is 1. The van der Waals surface area contributed by atoms with Crippen molar-refractivity contribution in [2.75, 3.05) is 13.7 Å². The van der Waals surface area contributed by atoms with E-state index in [9.17, 15) is 4.79 Å². The van der Waals surface area contributed by atoms with Crippen LogP contribution in [0.4, 0.5) is 0 Å². The van der Waals surface area contributed by atoms with Gasteiger partial charge in [0.2, 0.25) is 0 Å². The van der Waals surface area contributed by atoms with Crippen LogP contribution in [0.25, 0.3) is 0 Å². The smallest absolute Gasteiger partial charge is 0.176 e. The van der Waals surface area contributed by atoms with Crippen molar-refractivity contribution in [3.8, 4) is 0 Å². The summed E-state index contributed by atoms with van der Waals surface area (Å²) in [5.41, 5.74) is 6.80. The van der Waals surface area contributed by atoms with Gasteiger partial charge in [-0.15, -0.1) is 0 Å². The Kier molecular flexibility index (Phi) is 4.25. The summed E-state index contributed by atoms with van der Waals surface area (Å²) in [6, 6.07) is 5.45. The Morgan fingerprint density at radius 3 is 2.86 bits per heavy atom. The summed E-state index contributed by atoms with van der Waals surface area (Å²) in [6.07, 6.45) is 0. The molecular formula is C10H12BrNO2. The second-order valence-electron chi connectivity index (χ2n) is 2.86. The number of Topliss-reactive ketones (excluding diaryl/α,β-unsaturated/α-hetero) is 1. The second kappa shape index (κ2) is 5.24. The molecule has 0 aromatic heterocycles. The molecule has 0 heterocycles. The summed E-state index contributed by atoms with van der Waals surface area (Å²) in [5.74, 6) is -0.0652. The van der Waals surface area contributed by atoms with E-state index in [1.54, 1.807) is 13.2 Å². The monoisotopic (exact) mass is 257 g/mol. The first-order valence-electron chi connectivity index (χ1n) is 4.19. The molecule has 76 valence electrons. The highest BCUT2D eigenvalue weighted by atomic mass is 79.9.